The van der Waals surface area contributed by atoms with Crippen LogP contribution in [0.15, 0.2) is 24.3 Å². The fraction of sp³-hybridized carbons (Fsp3) is 0.462. The Morgan fingerprint density at radius 1 is 1.59 bits per heavy atom. The van der Waals surface area contributed by atoms with E-state index in [0.717, 1.165) is 24.9 Å². The van der Waals surface area contributed by atoms with E-state index < -0.39 is 5.54 Å². The van der Waals surface area contributed by atoms with E-state index in [1.807, 2.05) is 24.3 Å². The largest absolute Gasteiger partial charge is 0.371 e. The molecule has 1 aliphatic carbocycles. The molecule has 2 rings (SSSR count). The molecular weight excluding hydrogens is 236 g/mol. The third-order valence-electron chi connectivity index (χ3n) is 3.68. The lowest BCUT2D eigenvalue weighted by Crippen LogP contribution is -2.52. The van der Waals surface area contributed by atoms with Crippen molar-refractivity contribution in [2.24, 2.45) is 11.7 Å². The zero-order valence-electron chi connectivity index (χ0n) is 9.87. The van der Waals surface area contributed by atoms with Gasteiger partial charge in [0.05, 0.1) is 0 Å². The molecule has 3 N–H and O–H groups in total. The van der Waals surface area contributed by atoms with Gasteiger partial charge >= 0.3 is 0 Å². The summed E-state index contributed by atoms with van der Waals surface area (Å²) < 4.78 is 0. The average Bonchev–Trinajstić information content (AvgIpc) is 2.61. The van der Waals surface area contributed by atoms with Crippen LogP contribution in [-0.2, 0) is 4.79 Å². The number of hydrogen-bond donors (Lipinski definition) is 2. The Kier molecular flexibility index (Phi) is 3.29. The number of halogens is 1. The molecule has 17 heavy (non-hydrogen) atoms. The Labute approximate surface area is 106 Å². The minimum absolute atomic E-state index is 0.249. The molecule has 1 aliphatic rings. The standard InChI is InChI=1S/C13H17ClN2O/c1-9-4-3-7-13(9,12(15)17)16-11-6-2-5-10(14)8-11/h2,5-6,8-9,16H,3-4,7H2,1H3,(H2,15,17). The van der Waals surface area contributed by atoms with Gasteiger partial charge in [-0.25, -0.2) is 0 Å². The molecule has 4 heteroatoms. The summed E-state index contributed by atoms with van der Waals surface area (Å²) in [7, 11) is 0. The normalized spacial score (nSPS) is 28.0. The van der Waals surface area contributed by atoms with Crippen LogP contribution in [0.3, 0.4) is 0 Å². The summed E-state index contributed by atoms with van der Waals surface area (Å²) in [5.41, 5.74) is 5.81. The predicted molar refractivity (Wildman–Crippen MR) is 70.0 cm³/mol. The monoisotopic (exact) mass is 252 g/mol. The summed E-state index contributed by atoms with van der Waals surface area (Å²) in [5.74, 6) is -0.0264. The molecule has 2 unspecified atom stereocenters. The van der Waals surface area contributed by atoms with Crippen LogP contribution in [0.5, 0.6) is 0 Å². The smallest absolute Gasteiger partial charge is 0.243 e. The summed E-state index contributed by atoms with van der Waals surface area (Å²) in [6.07, 6.45) is 2.84. The number of rotatable bonds is 3. The Hall–Kier alpha value is -1.22. The average molecular weight is 253 g/mol. The van der Waals surface area contributed by atoms with Crippen molar-refractivity contribution >= 4 is 23.2 Å². The summed E-state index contributed by atoms with van der Waals surface area (Å²) >= 11 is 5.94. The Morgan fingerprint density at radius 3 is 2.88 bits per heavy atom. The molecule has 1 fully saturated rings. The van der Waals surface area contributed by atoms with E-state index in [4.69, 9.17) is 17.3 Å². The Balaban J connectivity index is 2.28. The van der Waals surface area contributed by atoms with Crippen molar-refractivity contribution < 1.29 is 4.79 Å². The van der Waals surface area contributed by atoms with Gasteiger partial charge in [-0.05, 0) is 37.0 Å². The van der Waals surface area contributed by atoms with Gasteiger partial charge in [0.2, 0.25) is 5.91 Å². The maximum atomic E-state index is 11.7. The number of benzene rings is 1. The Morgan fingerprint density at radius 2 is 2.35 bits per heavy atom. The van der Waals surface area contributed by atoms with Crippen molar-refractivity contribution in [2.45, 2.75) is 31.7 Å². The molecule has 92 valence electrons. The van der Waals surface area contributed by atoms with Crippen molar-refractivity contribution in [3.8, 4) is 0 Å². The molecule has 0 bridgehead atoms. The molecule has 0 heterocycles. The number of carbonyl (C=O) groups excluding carboxylic acids is 1. The van der Waals surface area contributed by atoms with Gasteiger partial charge in [-0.3, -0.25) is 4.79 Å². The molecule has 1 saturated carbocycles. The zero-order chi connectivity index (χ0) is 12.5. The predicted octanol–water partition coefficient (Wildman–Crippen LogP) is 2.80. The molecule has 1 amide bonds. The maximum Gasteiger partial charge on any atom is 0.243 e. The highest BCUT2D eigenvalue weighted by Crippen LogP contribution is 2.38. The molecule has 0 saturated heterocycles. The molecule has 0 radical (unpaired) electrons. The third-order valence-corrected chi connectivity index (χ3v) is 3.92. The van der Waals surface area contributed by atoms with Crippen LogP contribution < -0.4 is 11.1 Å². The first kappa shape index (κ1) is 12.2. The second-order valence-corrected chi connectivity index (χ2v) is 5.20. The number of hydrogen-bond acceptors (Lipinski definition) is 2. The fourth-order valence-corrected chi connectivity index (χ4v) is 2.81. The second kappa shape index (κ2) is 4.57. The van der Waals surface area contributed by atoms with Crippen molar-refractivity contribution in [1.29, 1.82) is 0 Å². The number of nitrogens with one attached hydrogen (secondary N) is 1. The summed E-state index contributed by atoms with van der Waals surface area (Å²) in [6.45, 7) is 2.06. The lowest BCUT2D eigenvalue weighted by molar-refractivity contribution is -0.123. The van der Waals surface area contributed by atoms with Crippen LogP contribution in [0.1, 0.15) is 26.2 Å². The van der Waals surface area contributed by atoms with Crippen LogP contribution in [0.4, 0.5) is 5.69 Å². The molecule has 0 aliphatic heterocycles. The van der Waals surface area contributed by atoms with Gasteiger partial charge in [0.25, 0.3) is 0 Å². The van der Waals surface area contributed by atoms with Crippen LogP contribution in [0, 0.1) is 5.92 Å². The van der Waals surface area contributed by atoms with Gasteiger partial charge in [0, 0.05) is 10.7 Å². The van der Waals surface area contributed by atoms with E-state index in [1.54, 1.807) is 0 Å². The minimum atomic E-state index is -0.620. The highest BCUT2D eigenvalue weighted by Gasteiger charge is 2.45. The van der Waals surface area contributed by atoms with Gasteiger partial charge in [-0.2, -0.15) is 0 Å². The molecular formula is C13H17ClN2O. The molecule has 0 spiro atoms. The quantitative estimate of drug-likeness (QED) is 0.869. The number of anilines is 1. The van der Waals surface area contributed by atoms with Gasteiger partial charge in [0.15, 0.2) is 0 Å². The second-order valence-electron chi connectivity index (χ2n) is 4.76. The van der Waals surface area contributed by atoms with Gasteiger partial charge in [-0.1, -0.05) is 31.0 Å². The van der Waals surface area contributed by atoms with Crippen molar-refractivity contribution in [3.05, 3.63) is 29.3 Å². The van der Waals surface area contributed by atoms with Crippen LogP contribution in [0.2, 0.25) is 5.02 Å². The van der Waals surface area contributed by atoms with Crippen LogP contribution in [0.25, 0.3) is 0 Å². The lowest BCUT2D eigenvalue weighted by Gasteiger charge is -2.32. The van der Waals surface area contributed by atoms with E-state index in [1.165, 1.54) is 0 Å². The van der Waals surface area contributed by atoms with Gasteiger partial charge in [0.1, 0.15) is 5.54 Å². The number of nitrogens with two attached hydrogens (primary N) is 1. The summed E-state index contributed by atoms with van der Waals surface area (Å²) in [5, 5.41) is 3.94. The third kappa shape index (κ3) is 2.25. The fourth-order valence-electron chi connectivity index (χ4n) is 2.62. The van der Waals surface area contributed by atoms with Crippen molar-refractivity contribution in [1.82, 2.24) is 0 Å². The summed E-state index contributed by atoms with van der Waals surface area (Å²) in [6, 6.07) is 7.39. The number of primary amides is 1. The zero-order valence-corrected chi connectivity index (χ0v) is 10.6. The van der Waals surface area contributed by atoms with Gasteiger partial charge in [-0.15, -0.1) is 0 Å². The first-order valence-electron chi connectivity index (χ1n) is 5.88. The molecule has 1 aromatic rings. The first-order chi connectivity index (χ1) is 8.04. The molecule has 0 aromatic heterocycles. The highest BCUT2D eigenvalue weighted by molar-refractivity contribution is 6.30. The van der Waals surface area contributed by atoms with Crippen LogP contribution >= 0.6 is 11.6 Å². The van der Waals surface area contributed by atoms with E-state index in [9.17, 15) is 4.79 Å². The van der Waals surface area contributed by atoms with Crippen molar-refractivity contribution in [3.63, 3.8) is 0 Å². The van der Waals surface area contributed by atoms with Crippen molar-refractivity contribution in [2.75, 3.05) is 5.32 Å². The minimum Gasteiger partial charge on any atom is -0.371 e. The lowest BCUT2D eigenvalue weighted by atomic mass is 9.87. The maximum absolute atomic E-state index is 11.7. The number of amides is 1. The highest BCUT2D eigenvalue weighted by atomic mass is 35.5. The van der Waals surface area contributed by atoms with E-state index in [0.29, 0.717) is 5.02 Å². The summed E-state index contributed by atoms with van der Waals surface area (Å²) in [4.78, 5) is 11.7. The van der Waals surface area contributed by atoms with Crippen LogP contribution in [-0.4, -0.2) is 11.4 Å². The topological polar surface area (TPSA) is 55.1 Å². The van der Waals surface area contributed by atoms with E-state index in [2.05, 4.69) is 12.2 Å². The van der Waals surface area contributed by atoms with E-state index in [-0.39, 0.29) is 11.8 Å². The Bertz CT molecular complexity index is 435. The SMILES string of the molecule is CC1CCCC1(Nc1cccc(Cl)c1)C(N)=O. The van der Waals surface area contributed by atoms with Gasteiger partial charge < -0.3 is 11.1 Å². The number of carbonyl (C=O) groups is 1. The first-order valence-corrected chi connectivity index (χ1v) is 6.26. The molecule has 3 nitrogen and oxygen atoms in total. The molecule has 2 atom stereocenters. The molecule has 1 aromatic carbocycles. The van der Waals surface area contributed by atoms with E-state index >= 15 is 0 Å².